The summed E-state index contributed by atoms with van der Waals surface area (Å²) in [4.78, 5) is 34.5. The summed E-state index contributed by atoms with van der Waals surface area (Å²) in [7, 11) is 0. The quantitative estimate of drug-likeness (QED) is 0.0374. The number of H-pyrrole nitrogens is 1. The van der Waals surface area contributed by atoms with Crippen molar-refractivity contribution in [1.29, 1.82) is 0 Å². The number of ether oxygens (including phenoxy) is 1. The number of nitrogens with zero attached hydrogens (tertiary/aromatic N) is 3. The zero-order chi connectivity index (χ0) is 35.4. The Morgan fingerprint density at radius 3 is 1.94 bits per heavy atom. The Balaban J connectivity index is 1.88. The first-order chi connectivity index (χ1) is 23.9. The predicted molar refractivity (Wildman–Crippen MR) is 204 cm³/mol. The fourth-order valence-electron chi connectivity index (χ4n) is 6.75. The molecule has 49 heavy (non-hydrogen) atoms. The van der Waals surface area contributed by atoms with Gasteiger partial charge < -0.3 is 14.6 Å². The van der Waals surface area contributed by atoms with Crippen molar-refractivity contribution in [2.45, 2.75) is 124 Å². The molecule has 0 amide bonds. The topological polar surface area (TPSA) is 91.7 Å². The Hall–Kier alpha value is -3.23. The number of carbonyl (C=O) groups excluding carboxylic acids is 1. The third kappa shape index (κ3) is 12.9. The van der Waals surface area contributed by atoms with Crippen molar-refractivity contribution in [3.05, 3.63) is 69.9 Å². The van der Waals surface area contributed by atoms with Gasteiger partial charge in [-0.1, -0.05) is 79.6 Å². The minimum absolute atomic E-state index is 0.0756. The van der Waals surface area contributed by atoms with Gasteiger partial charge in [-0.2, -0.15) is 0 Å². The average Bonchev–Trinajstić information content (AvgIpc) is 3.54. The van der Waals surface area contributed by atoms with Gasteiger partial charge in [0, 0.05) is 46.8 Å². The van der Waals surface area contributed by atoms with Crippen LogP contribution in [0, 0.1) is 16.0 Å². The van der Waals surface area contributed by atoms with Gasteiger partial charge in [0.15, 0.2) is 5.78 Å². The van der Waals surface area contributed by atoms with E-state index in [1.54, 1.807) is 18.2 Å². The molecule has 0 radical (unpaired) electrons. The molecular weight excluding hydrogens is 612 g/mol. The Kier molecular flexibility index (Phi) is 18.4. The van der Waals surface area contributed by atoms with Crippen LogP contribution in [0.2, 0.25) is 0 Å². The number of hydrogen-bond acceptors (Lipinski definition) is 6. The normalized spacial score (nSPS) is 13.0. The summed E-state index contributed by atoms with van der Waals surface area (Å²) in [6.07, 6.45) is 14.0. The number of nitro groups is 1. The molecule has 272 valence electrons. The molecule has 0 aliphatic rings. The fourth-order valence-corrected chi connectivity index (χ4v) is 6.75. The number of fused-ring (bicyclic) bond motifs is 1. The van der Waals surface area contributed by atoms with E-state index >= 15 is 0 Å². The van der Waals surface area contributed by atoms with Crippen LogP contribution in [-0.4, -0.2) is 64.8 Å². The first-order valence-electron chi connectivity index (χ1n) is 19.4. The van der Waals surface area contributed by atoms with Gasteiger partial charge >= 0.3 is 0 Å². The second-order valence-electron chi connectivity index (χ2n) is 13.7. The second kappa shape index (κ2) is 22.5. The number of Topliss-reactive ketones (excluding diaryl/α,β-unsaturated/α-hetero) is 1. The highest BCUT2D eigenvalue weighted by atomic mass is 16.6. The van der Waals surface area contributed by atoms with Gasteiger partial charge in [-0.05, 0) is 101 Å². The van der Waals surface area contributed by atoms with Crippen molar-refractivity contribution in [3.63, 3.8) is 0 Å². The maximum absolute atomic E-state index is 14.6. The van der Waals surface area contributed by atoms with Crippen molar-refractivity contribution in [3.8, 4) is 5.75 Å². The molecule has 1 aromatic heterocycles. The average molecular weight is 677 g/mol. The molecule has 0 aliphatic heterocycles. The maximum atomic E-state index is 14.6. The van der Waals surface area contributed by atoms with E-state index in [0.717, 1.165) is 113 Å². The summed E-state index contributed by atoms with van der Waals surface area (Å²) in [6, 6.07) is 14.6. The van der Waals surface area contributed by atoms with Gasteiger partial charge in [-0.25, -0.2) is 0 Å². The zero-order valence-electron chi connectivity index (χ0n) is 31.2. The summed E-state index contributed by atoms with van der Waals surface area (Å²) < 4.78 is 6.14. The molecule has 3 aromatic rings. The fraction of sp³-hybridized carbons (Fsp3) is 0.634. The first kappa shape index (κ1) is 40.2. The SMILES string of the molecule is CCCCCC(C(=O)c1ccc(OCCCN(CCCC)CCCC)cc1)C(c1cc2cc([N+](=O)[O-])ccc2[nH]1)N(CCCC)CCCC. The molecule has 8 nitrogen and oxygen atoms in total. The van der Waals surface area contributed by atoms with Crippen LogP contribution in [0.4, 0.5) is 5.69 Å². The van der Waals surface area contributed by atoms with E-state index in [-0.39, 0.29) is 28.4 Å². The van der Waals surface area contributed by atoms with Crippen LogP contribution < -0.4 is 4.74 Å². The van der Waals surface area contributed by atoms with E-state index in [1.807, 2.05) is 30.3 Å². The van der Waals surface area contributed by atoms with Crippen molar-refractivity contribution < 1.29 is 14.5 Å². The van der Waals surface area contributed by atoms with Crippen LogP contribution in [0.1, 0.15) is 140 Å². The Bertz CT molecular complexity index is 1360. The highest BCUT2D eigenvalue weighted by Crippen LogP contribution is 2.37. The number of ketones is 1. The van der Waals surface area contributed by atoms with Crippen LogP contribution in [0.5, 0.6) is 5.75 Å². The monoisotopic (exact) mass is 676 g/mol. The Labute approximate surface area is 296 Å². The van der Waals surface area contributed by atoms with Crippen molar-refractivity contribution in [2.75, 3.05) is 39.3 Å². The second-order valence-corrected chi connectivity index (χ2v) is 13.7. The maximum Gasteiger partial charge on any atom is 0.270 e. The minimum atomic E-state index is -0.349. The Morgan fingerprint density at radius 1 is 0.755 bits per heavy atom. The van der Waals surface area contributed by atoms with Gasteiger partial charge in [0.05, 0.1) is 17.6 Å². The van der Waals surface area contributed by atoms with E-state index in [2.05, 4.69) is 49.4 Å². The molecular formula is C41H64N4O4. The smallest absolute Gasteiger partial charge is 0.270 e. The Morgan fingerprint density at radius 2 is 1.35 bits per heavy atom. The molecule has 0 aliphatic carbocycles. The summed E-state index contributed by atoms with van der Waals surface area (Å²) in [5, 5.41) is 12.4. The molecule has 0 spiro atoms. The number of unbranched alkanes of at least 4 members (excludes halogenated alkanes) is 6. The predicted octanol–water partition coefficient (Wildman–Crippen LogP) is 10.8. The third-order valence-electron chi connectivity index (χ3n) is 9.66. The van der Waals surface area contributed by atoms with Crippen molar-refractivity contribution in [1.82, 2.24) is 14.8 Å². The summed E-state index contributed by atoms with van der Waals surface area (Å²) >= 11 is 0. The number of hydrogen-bond donors (Lipinski definition) is 1. The summed E-state index contributed by atoms with van der Waals surface area (Å²) in [6.45, 7) is 16.9. The van der Waals surface area contributed by atoms with Crippen LogP contribution in [-0.2, 0) is 0 Å². The van der Waals surface area contributed by atoms with E-state index < -0.39 is 0 Å². The molecule has 1 heterocycles. The molecule has 0 fully saturated rings. The molecule has 8 heteroatoms. The summed E-state index contributed by atoms with van der Waals surface area (Å²) in [5.74, 6) is 0.694. The minimum Gasteiger partial charge on any atom is -0.494 e. The number of nitrogens with one attached hydrogen (secondary N) is 1. The lowest BCUT2D eigenvalue weighted by Crippen LogP contribution is -2.39. The van der Waals surface area contributed by atoms with E-state index in [9.17, 15) is 14.9 Å². The van der Waals surface area contributed by atoms with Crippen LogP contribution in [0.15, 0.2) is 48.5 Å². The first-order valence-corrected chi connectivity index (χ1v) is 19.4. The standard InChI is InChI=1S/C41H64N4O4/c1-6-11-16-18-37(41(46)33-19-22-36(23-20-33)49-30-17-27-43(25-12-7-2)26-13-8-3)40(44(28-14-9-4)29-15-10-5)39-32-34-31-35(45(47)48)21-24-38(34)42-39/h19-24,31-32,37,40,42H,6-18,25-30H2,1-5H3. The molecule has 1 N–H and O–H groups in total. The van der Waals surface area contributed by atoms with Crippen molar-refractivity contribution >= 4 is 22.4 Å². The largest absolute Gasteiger partial charge is 0.494 e. The van der Waals surface area contributed by atoms with Crippen molar-refractivity contribution in [2.24, 2.45) is 5.92 Å². The third-order valence-corrected chi connectivity index (χ3v) is 9.66. The molecule has 2 aromatic carbocycles. The highest BCUT2D eigenvalue weighted by molar-refractivity contribution is 5.98. The summed E-state index contributed by atoms with van der Waals surface area (Å²) in [5.41, 5.74) is 2.61. The molecule has 0 saturated carbocycles. The molecule has 3 rings (SSSR count). The lowest BCUT2D eigenvalue weighted by Gasteiger charge is -2.36. The number of aromatic nitrogens is 1. The van der Waals surface area contributed by atoms with Crippen LogP contribution >= 0.6 is 0 Å². The molecule has 0 bridgehead atoms. The van der Waals surface area contributed by atoms with E-state index in [4.69, 9.17) is 4.74 Å². The molecule has 0 saturated heterocycles. The number of aromatic amines is 1. The zero-order valence-corrected chi connectivity index (χ0v) is 31.2. The lowest BCUT2D eigenvalue weighted by atomic mass is 9.83. The molecule has 2 unspecified atom stereocenters. The number of non-ortho nitro benzene ring substituents is 1. The number of carbonyl (C=O) groups is 1. The van der Waals surface area contributed by atoms with E-state index in [1.165, 1.54) is 25.7 Å². The van der Waals surface area contributed by atoms with Crippen LogP contribution in [0.3, 0.4) is 0 Å². The number of benzene rings is 2. The highest BCUT2D eigenvalue weighted by Gasteiger charge is 2.35. The molecule has 2 atom stereocenters. The van der Waals surface area contributed by atoms with E-state index in [0.29, 0.717) is 12.2 Å². The van der Waals surface area contributed by atoms with Gasteiger partial charge in [0.2, 0.25) is 0 Å². The van der Waals surface area contributed by atoms with Gasteiger partial charge in [-0.15, -0.1) is 0 Å². The number of rotatable bonds is 27. The lowest BCUT2D eigenvalue weighted by molar-refractivity contribution is -0.384. The van der Waals surface area contributed by atoms with Gasteiger partial charge in [0.1, 0.15) is 5.75 Å². The van der Waals surface area contributed by atoms with Gasteiger partial charge in [0.25, 0.3) is 5.69 Å². The van der Waals surface area contributed by atoms with Crippen LogP contribution in [0.25, 0.3) is 10.9 Å². The van der Waals surface area contributed by atoms with Gasteiger partial charge in [-0.3, -0.25) is 19.8 Å². The number of nitro benzene ring substituents is 1.